The van der Waals surface area contributed by atoms with Crippen LogP contribution in [0.25, 0.3) is 0 Å². The highest BCUT2D eigenvalue weighted by Gasteiger charge is 2.29. The van der Waals surface area contributed by atoms with Crippen molar-refractivity contribution in [2.45, 2.75) is 18.4 Å². The van der Waals surface area contributed by atoms with Crippen LogP contribution in [0.2, 0.25) is 5.02 Å². The third-order valence-electron chi connectivity index (χ3n) is 4.51. The van der Waals surface area contributed by atoms with E-state index in [1.807, 2.05) is 0 Å². The number of carbonyl (C=O) groups excluding carboxylic acids is 1. The second-order valence-electron chi connectivity index (χ2n) is 6.20. The van der Waals surface area contributed by atoms with Gasteiger partial charge in [0.15, 0.2) is 0 Å². The number of hydrogen-bond acceptors (Lipinski definition) is 3. The molecule has 1 saturated heterocycles. The van der Waals surface area contributed by atoms with Gasteiger partial charge in [-0.05, 0) is 48.9 Å². The molecule has 2 atom stereocenters. The maximum absolute atomic E-state index is 14.5. The van der Waals surface area contributed by atoms with E-state index in [0.29, 0.717) is 35.0 Å². The molecule has 3 N–H and O–H groups in total. The van der Waals surface area contributed by atoms with E-state index < -0.39 is 0 Å². The van der Waals surface area contributed by atoms with E-state index in [0.717, 1.165) is 6.54 Å². The fraction of sp³-hybridized carbons (Fsp3) is 0.316. The largest absolute Gasteiger partial charge is 0.497 e. The zero-order chi connectivity index (χ0) is 18.5. The molecule has 0 aliphatic carbocycles. The highest BCUT2D eigenvalue weighted by atomic mass is 35.5. The molecule has 2 aromatic rings. The van der Waals surface area contributed by atoms with Crippen molar-refractivity contribution in [3.8, 4) is 5.75 Å². The summed E-state index contributed by atoms with van der Waals surface area (Å²) in [6.45, 7) is 1.36. The maximum Gasteiger partial charge on any atom is 0.319 e. The molecule has 1 aliphatic rings. The number of piperidine rings is 1. The van der Waals surface area contributed by atoms with Gasteiger partial charge in [0.2, 0.25) is 0 Å². The Kier molecular flexibility index (Phi) is 5.96. The molecule has 5 nitrogen and oxygen atoms in total. The summed E-state index contributed by atoms with van der Waals surface area (Å²) < 4.78 is 19.5. The van der Waals surface area contributed by atoms with Gasteiger partial charge < -0.3 is 20.7 Å². The number of methoxy groups -OCH3 is 1. The lowest BCUT2D eigenvalue weighted by Gasteiger charge is -2.33. The van der Waals surface area contributed by atoms with Crippen molar-refractivity contribution in [3.63, 3.8) is 0 Å². The molecule has 0 radical (unpaired) electrons. The number of carbonyl (C=O) groups is 1. The van der Waals surface area contributed by atoms with Crippen LogP contribution in [0.3, 0.4) is 0 Å². The summed E-state index contributed by atoms with van der Waals surface area (Å²) in [5.41, 5.74) is 1.21. The smallest absolute Gasteiger partial charge is 0.319 e. The van der Waals surface area contributed by atoms with Crippen molar-refractivity contribution in [3.05, 3.63) is 58.9 Å². The molecule has 0 saturated carbocycles. The van der Waals surface area contributed by atoms with Crippen molar-refractivity contribution < 1.29 is 13.9 Å². The minimum absolute atomic E-state index is 0.161. The number of amides is 2. The van der Waals surface area contributed by atoms with E-state index in [4.69, 9.17) is 16.3 Å². The van der Waals surface area contributed by atoms with Crippen molar-refractivity contribution >= 4 is 23.3 Å². The Hall–Kier alpha value is -2.31. The van der Waals surface area contributed by atoms with Gasteiger partial charge in [-0.2, -0.15) is 0 Å². The molecule has 0 bridgehead atoms. The lowest BCUT2D eigenvalue weighted by molar-refractivity contribution is 0.241. The SMILES string of the molecule is COc1ccc(C2CNCCC2NC(=O)Nc2ccc(Cl)cc2)c(F)c1. The third-order valence-corrected chi connectivity index (χ3v) is 4.76. The first kappa shape index (κ1) is 18.5. The Morgan fingerprint density at radius 2 is 2.04 bits per heavy atom. The molecule has 7 heteroatoms. The average molecular weight is 378 g/mol. The van der Waals surface area contributed by atoms with Crippen LogP contribution in [0.15, 0.2) is 42.5 Å². The first-order valence-corrected chi connectivity index (χ1v) is 8.82. The van der Waals surface area contributed by atoms with Crippen LogP contribution in [0.1, 0.15) is 17.9 Å². The Morgan fingerprint density at radius 3 is 2.73 bits per heavy atom. The first-order valence-electron chi connectivity index (χ1n) is 8.44. The van der Waals surface area contributed by atoms with E-state index >= 15 is 0 Å². The molecule has 3 rings (SSSR count). The summed E-state index contributed by atoms with van der Waals surface area (Å²) in [4.78, 5) is 12.3. The third kappa shape index (κ3) is 4.45. The first-order chi connectivity index (χ1) is 12.6. The standard InChI is InChI=1S/C19H21ClFN3O2/c1-26-14-6-7-15(17(21)10-14)16-11-22-9-8-18(16)24-19(25)23-13-4-2-12(20)3-5-13/h2-7,10,16,18,22H,8-9,11H2,1H3,(H2,23,24,25). The fourth-order valence-electron chi connectivity index (χ4n) is 3.16. The van der Waals surface area contributed by atoms with Crippen LogP contribution in [-0.4, -0.2) is 32.3 Å². The summed E-state index contributed by atoms with van der Waals surface area (Å²) in [6, 6.07) is 11.2. The topological polar surface area (TPSA) is 62.4 Å². The number of rotatable bonds is 4. The number of anilines is 1. The van der Waals surface area contributed by atoms with Crippen LogP contribution < -0.4 is 20.7 Å². The number of nitrogens with one attached hydrogen (secondary N) is 3. The Morgan fingerprint density at radius 1 is 1.27 bits per heavy atom. The highest BCUT2D eigenvalue weighted by molar-refractivity contribution is 6.30. The van der Waals surface area contributed by atoms with Gasteiger partial charge in [0.05, 0.1) is 7.11 Å². The molecule has 1 fully saturated rings. The number of hydrogen-bond donors (Lipinski definition) is 3. The van der Waals surface area contributed by atoms with Gasteiger partial charge in [0.25, 0.3) is 0 Å². The summed E-state index contributed by atoms with van der Waals surface area (Å²) in [5.74, 6) is -0.0198. The molecule has 0 spiro atoms. The monoisotopic (exact) mass is 377 g/mol. The lowest BCUT2D eigenvalue weighted by Crippen LogP contribution is -2.49. The number of ether oxygens (including phenoxy) is 1. The number of halogens is 2. The molecule has 0 aromatic heterocycles. The van der Waals surface area contributed by atoms with Crippen molar-refractivity contribution in [1.82, 2.24) is 10.6 Å². The number of urea groups is 1. The average Bonchev–Trinajstić information content (AvgIpc) is 2.64. The zero-order valence-corrected chi connectivity index (χ0v) is 15.1. The van der Waals surface area contributed by atoms with E-state index in [1.54, 1.807) is 36.4 Å². The molecule has 138 valence electrons. The summed E-state index contributed by atoms with van der Waals surface area (Å²) in [5, 5.41) is 9.61. The summed E-state index contributed by atoms with van der Waals surface area (Å²) >= 11 is 5.85. The Bertz CT molecular complexity index is 770. The maximum atomic E-state index is 14.5. The molecule has 2 amide bonds. The lowest BCUT2D eigenvalue weighted by atomic mass is 9.86. The van der Waals surface area contributed by atoms with Crippen molar-refractivity contribution in [2.75, 3.05) is 25.5 Å². The predicted molar refractivity (Wildman–Crippen MR) is 101 cm³/mol. The molecular formula is C19H21ClFN3O2. The van der Waals surface area contributed by atoms with Gasteiger partial charge in [-0.25, -0.2) is 9.18 Å². The van der Waals surface area contributed by atoms with Crippen LogP contribution in [0.5, 0.6) is 5.75 Å². The van der Waals surface area contributed by atoms with Gasteiger partial charge >= 0.3 is 6.03 Å². The fourth-order valence-corrected chi connectivity index (χ4v) is 3.29. The van der Waals surface area contributed by atoms with Gasteiger partial charge in [-0.3, -0.25) is 0 Å². The second kappa shape index (κ2) is 8.38. The predicted octanol–water partition coefficient (Wildman–Crippen LogP) is 3.75. The quantitative estimate of drug-likeness (QED) is 0.760. The van der Waals surface area contributed by atoms with Crippen LogP contribution >= 0.6 is 11.6 Å². The van der Waals surface area contributed by atoms with Crippen LogP contribution in [-0.2, 0) is 0 Å². The normalized spacial score (nSPS) is 19.7. The minimum Gasteiger partial charge on any atom is -0.497 e. The zero-order valence-electron chi connectivity index (χ0n) is 14.4. The minimum atomic E-state index is -0.331. The number of benzene rings is 2. The second-order valence-corrected chi connectivity index (χ2v) is 6.64. The summed E-state index contributed by atoms with van der Waals surface area (Å²) in [6.07, 6.45) is 0.712. The molecule has 1 heterocycles. The highest BCUT2D eigenvalue weighted by Crippen LogP contribution is 2.28. The Labute approximate surface area is 156 Å². The molecule has 2 unspecified atom stereocenters. The molecule has 26 heavy (non-hydrogen) atoms. The van der Waals surface area contributed by atoms with Crippen molar-refractivity contribution in [2.24, 2.45) is 0 Å². The molecular weight excluding hydrogens is 357 g/mol. The van der Waals surface area contributed by atoms with E-state index in [2.05, 4.69) is 16.0 Å². The van der Waals surface area contributed by atoms with Gasteiger partial charge in [0, 0.05) is 35.3 Å². The van der Waals surface area contributed by atoms with E-state index in [-0.39, 0.29) is 23.8 Å². The Balaban J connectivity index is 1.70. The van der Waals surface area contributed by atoms with Crippen LogP contribution in [0, 0.1) is 5.82 Å². The van der Waals surface area contributed by atoms with Gasteiger partial charge in [-0.15, -0.1) is 0 Å². The molecule has 2 aromatic carbocycles. The summed E-state index contributed by atoms with van der Waals surface area (Å²) in [7, 11) is 1.50. The van der Waals surface area contributed by atoms with Crippen LogP contribution in [0.4, 0.5) is 14.9 Å². The molecule has 1 aliphatic heterocycles. The van der Waals surface area contributed by atoms with E-state index in [1.165, 1.54) is 13.2 Å². The van der Waals surface area contributed by atoms with E-state index in [9.17, 15) is 9.18 Å². The van der Waals surface area contributed by atoms with Gasteiger partial charge in [-0.1, -0.05) is 17.7 Å². The van der Waals surface area contributed by atoms with Crippen molar-refractivity contribution in [1.29, 1.82) is 0 Å². The van der Waals surface area contributed by atoms with Gasteiger partial charge in [0.1, 0.15) is 11.6 Å².